The van der Waals surface area contributed by atoms with Gasteiger partial charge < -0.3 is 4.74 Å². The molecule has 3 rings (SSSR count). The van der Waals surface area contributed by atoms with Crippen molar-refractivity contribution in [1.29, 1.82) is 0 Å². The highest BCUT2D eigenvalue weighted by Crippen LogP contribution is 2.27. The van der Waals surface area contributed by atoms with E-state index in [1.807, 2.05) is 18.4 Å². The van der Waals surface area contributed by atoms with Gasteiger partial charge in [-0.05, 0) is 48.9 Å². The van der Waals surface area contributed by atoms with Crippen molar-refractivity contribution in [3.05, 3.63) is 40.9 Å². The first-order valence-corrected chi connectivity index (χ1v) is 8.13. The number of benzene rings is 1. The van der Waals surface area contributed by atoms with E-state index in [9.17, 15) is 4.79 Å². The number of hydrogen-bond donors (Lipinski definition) is 1. The molecule has 0 unspecified atom stereocenters. The second-order valence-corrected chi connectivity index (χ2v) is 6.02. The lowest BCUT2D eigenvalue weighted by Crippen LogP contribution is -2.32. The summed E-state index contributed by atoms with van der Waals surface area (Å²) < 4.78 is 5.86. The van der Waals surface area contributed by atoms with E-state index in [1.165, 1.54) is 28.9 Å². The van der Waals surface area contributed by atoms with Crippen LogP contribution >= 0.6 is 11.3 Å². The summed E-state index contributed by atoms with van der Waals surface area (Å²) in [6, 6.07) is 6.15. The number of thiazole rings is 1. The van der Waals surface area contributed by atoms with E-state index >= 15 is 0 Å². The van der Waals surface area contributed by atoms with Gasteiger partial charge in [-0.25, -0.2) is 4.98 Å². The molecule has 0 saturated heterocycles. The van der Waals surface area contributed by atoms with Gasteiger partial charge in [0.05, 0.1) is 0 Å². The average molecular weight is 302 g/mol. The number of fused-ring (bicyclic) bond motifs is 1. The van der Waals surface area contributed by atoms with E-state index in [0.29, 0.717) is 11.6 Å². The van der Waals surface area contributed by atoms with Crippen LogP contribution < -0.4 is 10.1 Å². The van der Waals surface area contributed by atoms with Gasteiger partial charge in [0.2, 0.25) is 0 Å². The van der Waals surface area contributed by atoms with Gasteiger partial charge in [0.1, 0.15) is 5.75 Å². The molecule has 0 fully saturated rings. The summed E-state index contributed by atoms with van der Waals surface area (Å²) in [5, 5.41) is 5.23. The molecule has 0 spiro atoms. The van der Waals surface area contributed by atoms with Crippen molar-refractivity contribution in [2.45, 2.75) is 38.7 Å². The van der Waals surface area contributed by atoms with E-state index in [2.05, 4.69) is 22.4 Å². The molecule has 1 aromatic carbocycles. The standard InChI is InChI=1S/C16H18N2O2S/c1-2-14(15(19)18-16-17-8-9-21-16)20-13-7-6-11-4-3-5-12(11)10-13/h6-10,14H,2-5H2,1H3,(H,17,18,19)/t14-/m0/s1. The van der Waals surface area contributed by atoms with Crippen LogP contribution in [0, 0.1) is 0 Å². The number of carbonyl (C=O) groups is 1. The van der Waals surface area contributed by atoms with Gasteiger partial charge in [0.15, 0.2) is 11.2 Å². The van der Waals surface area contributed by atoms with Crippen molar-refractivity contribution in [3.63, 3.8) is 0 Å². The Hall–Kier alpha value is -1.88. The topological polar surface area (TPSA) is 51.2 Å². The van der Waals surface area contributed by atoms with Gasteiger partial charge in [-0.1, -0.05) is 13.0 Å². The zero-order chi connectivity index (χ0) is 14.7. The quantitative estimate of drug-likeness (QED) is 0.920. The maximum atomic E-state index is 12.2. The highest BCUT2D eigenvalue weighted by Gasteiger charge is 2.20. The molecule has 1 aliphatic carbocycles. The Balaban J connectivity index is 1.67. The van der Waals surface area contributed by atoms with Crippen LogP contribution in [-0.2, 0) is 17.6 Å². The summed E-state index contributed by atoms with van der Waals surface area (Å²) in [5.41, 5.74) is 2.75. The van der Waals surface area contributed by atoms with E-state index in [0.717, 1.165) is 18.6 Å². The maximum Gasteiger partial charge on any atom is 0.267 e. The Kier molecular flexibility index (Phi) is 4.20. The molecule has 21 heavy (non-hydrogen) atoms. The lowest BCUT2D eigenvalue weighted by Gasteiger charge is -2.17. The number of carbonyl (C=O) groups excluding carboxylic acids is 1. The molecule has 2 aromatic rings. The summed E-state index contributed by atoms with van der Waals surface area (Å²) in [4.78, 5) is 16.3. The molecule has 1 heterocycles. The summed E-state index contributed by atoms with van der Waals surface area (Å²) in [5.74, 6) is 0.629. The monoisotopic (exact) mass is 302 g/mol. The fourth-order valence-corrected chi connectivity index (χ4v) is 3.11. The second kappa shape index (κ2) is 6.26. The van der Waals surface area contributed by atoms with Crippen LogP contribution in [0.4, 0.5) is 5.13 Å². The summed E-state index contributed by atoms with van der Waals surface area (Å²) in [6.07, 6.45) is 5.26. The molecule has 5 heteroatoms. The number of ether oxygens (including phenoxy) is 1. The average Bonchev–Trinajstić information content (AvgIpc) is 3.14. The molecule has 0 aliphatic heterocycles. The molecule has 1 amide bonds. The van der Waals surface area contributed by atoms with Gasteiger partial charge in [0, 0.05) is 11.6 Å². The van der Waals surface area contributed by atoms with Crippen LogP contribution in [0.2, 0.25) is 0 Å². The van der Waals surface area contributed by atoms with Gasteiger partial charge in [-0.2, -0.15) is 0 Å². The number of anilines is 1. The first kappa shape index (κ1) is 14.1. The summed E-state index contributed by atoms with van der Waals surface area (Å²) >= 11 is 1.40. The maximum absolute atomic E-state index is 12.2. The van der Waals surface area contributed by atoms with Crippen molar-refractivity contribution in [2.24, 2.45) is 0 Å². The minimum Gasteiger partial charge on any atom is -0.481 e. The third-order valence-corrected chi connectivity index (χ3v) is 4.36. The predicted octanol–water partition coefficient (Wildman–Crippen LogP) is 3.43. The summed E-state index contributed by atoms with van der Waals surface area (Å²) in [7, 11) is 0. The number of aryl methyl sites for hydroxylation is 2. The van der Waals surface area contributed by atoms with Crippen LogP contribution in [0.3, 0.4) is 0 Å². The molecule has 110 valence electrons. The van der Waals surface area contributed by atoms with Crippen molar-refractivity contribution >= 4 is 22.4 Å². The molecule has 1 aliphatic rings. The lowest BCUT2D eigenvalue weighted by atomic mass is 10.1. The van der Waals surface area contributed by atoms with Crippen molar-refractivity contribution in [2.75, 3.05) is 5.32 Å². The second-order valence-electron chi connectivity index (χ2n) is 5.13. The smallest absolute Gasteiger partial charge is 0.267 e. The molecule has 0 radical (unpaired) electrons. The normalized spacial score (nSPS) is 14.5. The van der Waals surface area contributed by atoms with Gasteiger partial charge in [-0.15, -0.1) is 11.3 Å². The van der Waals surface area contributed by atoms with Crippen molar-refractivity contribution in [3.8, 4) is 5.75 Å². The fraction of sp³-hybridized carbons (Fsp3) is 0.375. The molecule has 4 nitrogen and oxygen atoms in total. The third-order valence-electron chi connectivity index (χ3n) is 3.67. The highest BCUT2D eigenvalue weighted by atomic mass is 32.1. The molecule has 0 bridgehead atoms. The number of hydrogen-bond acceptors (Lipinski definition) is 4. The largest absolute Gasteiger partial charge is 0.481 e. The molecule has 1 aromatic heterocycles. The number of rotatable bonds is 5. The molecule has 1 atom stereocenters. The first-order valence-electron chi connectivity index (χ1n) is 7.25. The van der Waals surface area contributed by atoms with Crippen molar-refractivity contribution < 1.29 is 9.53 Å². The van der Waals surface area contributed by atoms with Gasteiger partial charge >= 0.3 is 0 Å². The van der Waals surface area contributed by atoms with Crippen LogP contribution in [0.5, 0.6) is 5.75 Å². The Bertz CT molecular complexity index is 625. The minimum atomic E-state index is -0.492. The Morgan fingerprint density at radius 1 is 1.43 bits per heavy atom. The number of nitrogens with zero attached hydrogens (tertiary/aromatic N) is 1. The first-order chi connectivity index (χ1) is 10.3. The Morgan fingerprint density at radius 3 is 3.05 bits per heavy atom. The molecular weight excluding hydrogens is 284 g/mol. The Morgan fingerprint density at radius 2 is 2.29 bits per heavy atom. The van der Waals surface area contributed by atoms with Gasteiger partial charge in [-0.3, -0.25) is 10.1 Å². The molecule has 0 saturated carbocycles. The predicted molar refractivity (Wildman–Crippen MR) is 83.9 cm³/mol. The Labute approximate surface area is 128 Å². The van der Waals surface area contributed by atoms with Crippen LogP contribution in [0.25, 0.3) is 0 Å². The zero-order valence-electron chi connectivity index (χ0n) is 12.0. The third kappa shape index (κ3) is 3.24. The number of aromatic nitrogens is 1. The van der Waals surface area contributed by atoms with Gasteiger partial charge in [0.25, 0.3) is 5.91 Å². The van der Waals surface area contributed by atoms with E-state index in [4.69, 9.17) is 4.74 Å². The SMILES string of the molecule is CC[C@H](Oc1ccc2c(c1)CCC2)C(=O)Nc1nccs1. The number of amides is 1. The fourth-order valence-electron chi connectivity index (χ4n) is 2.58. The molecule has 1 N–H and O–H groups in total. The van der Waals surface area contributed by atoms with Crippen LogP contribution in [0.1, 0.15) is 30.9 Å². The lowest BCUT2D eigenvalue weighted by molar-refractivity contribution is -0.122. The van der Waals surface area contributed by atoms with Crippen LogP contribution in [-0.4, -0.2) is 17.0 Å². The van der Waals surface area contributed by atoms with E-state index in [1.54, 1.807) is 6.20 Å². The van der Waals surface area contributed by atoms with Crippen molar-refractivity contribution in [1.82, 2.24) is 4.98 Å². The minimum absolute atomic E-state index is 0.145. The highest BCUT2D eigenvalue weighted by molar-refractivity contribution is 7.13. The zero-order valence-corrected chi connectivity index (χ0v) is 12.8. The number of nitrogens with one attached hydrogen (secondary N) is 1. The van der Waals surface area contributed by atoms with E-state index in [-0.39, 0.29) is 5.91 Å². The molecular formula is C16H18N2O2S. The van der Waals surface area contributed by atoms with Crippen LogP contribution in [0.15, 0.2) is 29.8 Å². The van der Waals surface area contributed by atoms with E-state index < -0.39 is 6.10 Å². The summed E-state index contributed by atoms with van der Waals surface area (Å²) in [6.45, 7) is 1.94.